The molecule has 0 spiro atoms. The fourth-order valence-electron chi connectivity index (χ4n) is 2.53. The molecule has 0 radical (unpaired) electrons. The lowest BCUT2D eigenvalue weighted by atomic mass is 10.2. The van der Waals surface area contributed by atoms with Gasteiger partial charge in [0.15, 0.2) is 5.96 Å². The maximum atomic E-state index is 13.2. The average Bonchev–Trinajstić information content (AvgIpc) is 2.74. The number of hydrogen-bond donors (Lipinski definition) is 2. The highest BCUT2D eigenvalue weighted by Gasteiger charge is 2.01. The van der Waals surface area contributed by atoms with Crippen molar-refractivity contribution in [1.29, 1.82) is 0 Å². The summed E-state index contributed by atoms with van der Waals surface area (Å²) in [6.45, 7) is 3.68. The van der Waals surface area contributed by atoms with Crippen LogP contribution in [0.4, 0.5) is 4.39 Å². The molecule has 0 bridgehead atoms. The molecule has 0 atom stereocenters. The van der Waals surface area contributed by atoms with Gasteiger partial charge < -0.3 is 24.8 Å². The van der Waals surface area contributed by atoms with Gasteiger partial charge in [-0.05, 0) is 41.8 Å². The number of hydrogen-bond acceptors (Lipinski definition) is 4. The third-order valence-corrected chi connectivity index (χ3v) is 4.09. The van der Waals surface area contributed by atoms with Gasteiger partial charge in [-0.1, -0.05) is 24.3 Å². The Labute approximate surface area is 195 Å². The summed E-state index contributed by atoms with van der Waals surface area (Å²) in [5, 5.41) is 6.53. The predicted octanol–water partition coefficient (Wildman–Crippen LogP) is 3.74. The Morgan fingerprint density at radius 2 is 1.80 bits per heavy atom. The molecule has 0 aliphatic heterocycles. The van der Waals surface area contributed by atoms with Gasteiger partial charge in [0, 0.05) is 33.9 Å². The van der Waals surface area contributed by atoms with Crippen LogP contribution in [0.25, 0.3) is 0 Å². The summed E-state index contributed by atoms with van der Waals surface area (Å²) < 4.78 is 29.3. The highest BCUT2D eigenvalue weighted by molar-refractivity contribution is 14.0. The van der Waals surface area contributed by atoms with Crippen molar-refractivity contribution < 1.29 is 18.6 Å². The van der Waals surface area contributed by atoms with Crippen LogP contribution in [-0.2, 0) is 22.6 Å². The van der Waals surface area contributed by atoms with Crippen LogP contribution < -0.4 is 15.4 Å². The van der Waals surface area contributed by atoms with E-state index < -0.39 is 0 Å². The van der Waals surface area contributed by atoms with Crippen molar-refractivity contribution in [3.8, 4) is 5.75 Å². The van der Waals surface area contributed by atoms with E-state index in [9.17, 15) is 4.39 Å². The number of nitrogens with zero attached hydrogens (tertiary/aromatic N) is 1. The van der Waals surface area contributed by atoms with Crippen LogP contribution in [0.1, 0.15) is 17.5 Å². The van der Waals surface area contributed by atoms with Gasteiger partial charge in [0.1, 0.15) is 18.2 Å². The quantitative estimate of drug-likeness (QED) is 0.189. The van der Waals surface area contributed by atoms with E-state index in [0.717, 1.165) is 35.8 Å². The van der Waals surface area contributed by atoms with Crippen molar-refractivity contribution in [2.75, 3.05) is 40.5 Å². The molecule has 0 saturated heterocycles. The lowest BCUT2D eigenvalue weighted by molar-refractivity contribution is 0.0698. The monoisotopic (exact) mass is 531 g/mol. The average molecular weight is 531 g/mol. The molecule has 0 unspecified atom stereocenters. The van der Waals surface area contributed by atoms with Crippen LogP contribution in [0.3, 0.4) is 0 Å². The van der Waals surface area contributed by atoms with Crippen molar-refractivity contribution in [3.05, 3.63) is 65.5 Å². The topological polar surface area (TPSA) is 64.1 Å². The minimum absolute atomic E-state index is 0. The minimum Gasteiger partial charge on any atom is -0.489 e. The first kappa shape index (κ1) is 26.1. The van der Waals surface area contributed by atoms with Crippen molar-refractivity contribution in [2.45, 2.75) is 19.6 Å². The van der Waals surface area contributed by atoms with E-state index in [1.807, 2.05) is 30.3 Å². The molecule has 166 valence electrons. The number of ether oxygens (including phenoxy) is 3. The van der Waals surface area contributed by atoms with E-state index in [1.54, 1.807) is 20.2 Å². The van der Waals surface area contributed by atoms with Crippen molar-refractivity contribution in [2.24, 2.45) is 4.99 Å². The van der Waals surface area contributed by atoms with Crippen LogP contribution in [0.2, 0.25) is 0 Å². The highest BCUT2D eigenvalue weighted by Crippen LogP contribution is 2.14. The van der Waals surface area contributed by atoms with Crippen molar-refractivity contribution in [1.82, 2.24) is 10.6 Å². The molecule has 0 aliphatic carbocycles. The fraction of sp³-hybridized carbons (Fsp3) is 0.409. The van der Waals surface area contributed by atoms with Crippen molar-refractivity contribution >= 4 is 29.9 Å². The minimum atomic E-state index is -0.256. The van der Waals surface area contributed by atoms with Gasteiger partial charge in [0.05, 0.1) is 13.2 Å². The Bertz CT molecular complexity index is 745. The number of halogens is 2. The maximum Gasteiger partial charge on any atom is 0.191 e. The Morgan fingerprint density at radius 3 is 2.50 bits per heavy atom. The Morgan fingerprint density at radius 1 is 1.00 bits per heavy atom. The Hall–Kier alpha value is -1.91. The smallest absolute Gasteiger partial charge is 0.191 e. The summed E-state index contributed by atoms with van der Waals surface area (Å²) >= 11 is 0. The van der Waals surface area contributed by atoms with E-state index in [-0.39, 0.29) is 29.8 Å². The van der Waals surface area contributed by atoms with E-state index in [0.29, 0.717) is 33.0 Å². The van der Waals surface area contributed by atoms with Gasteiger partial charge in [0.2, 0.25) is 0 Å². The summed E-state index contributed by atoms with van der Waals surface area (Å²) in [7, 11) is 3.40. The molecule has 0 aliphatic rings. The van der Waals surface area contributed by atoms with Gasteiger partial charge >= 0.3 is 0 Å². The van der Waals surface area contributed by atoms with Gasteiger partial charge in [-0.25, -0.2) is 4.39 Å². The van der Waals surface area contributed by atoms with Gasteiger partial charge in [-0.15, -0.1) is 24.0 Å². The SMILES string of the molecule is CN=C(NCCCOCCOC)NCc1ccc(OCc2cccc(F)c2)cc1.I. The Balaban J connectivity index is 0.00000450. The zero-order chi connectivity index (χ0) is 20.7. The zero-order valence-electron chi connectivity index (χ0n) is 17.5. The standard InChI is InChI=1S/C22H30FN3O3.HI/c1-24-22(25-11-4-12-28-14-13-27-2)26-16-18-7-9-21(10-8-18)29-17-19-5-3-6-20(23)15-19;/h3,5-10,15H,4,11-14,16-17H2,1-2H3,(H2,24,25,26);1H. The summed E-state index contributed by atoms with van der Waals surface area (Å²) in [4.78, 5) is 4.22. The molecule has 0 saturated carbocycles. The molecule has 8 heteroatoms. The van der Waals surface area contributed by atoms with Crippen LogP contribution in [-0.4, -0.2) is 46.5 Å². The largest absolute Gasteiger partial charge is 0.489 e. The van der Waals surface area contributed by atoms with E-state index >= 15 is 0 Å². The maximum absolute atomic E-state index is 13.2. The normalized spacial score (nSPS) is 11.0. The third kappa shape index (κ3) is 10.7. The molecule has 0 aromatic heterocycles. The number of methoxy groups -OCH3 is 1. The fourth-order valence-corrected chi connectivity index (χ4v) is 2.53. The Kier molecular flexibility index (Phi) is 13.8. The van der Waals surface area contributed by atoms with Crippen LogP contribution in [0.5, 0.6) is 5.75 Å². The first-order chi connectivity index (χ1) is 14.2. The molecule has 2 aromatic carbocycles. The lowest BCUT2D eigenvalue weighted by Gasteiger charge is -2.12. The van der Waals surface area contributed by atoms with E-state index in [4.69, 9.17) is 14.2 Å². The number of benzene rings is 2. The second-order valence-corrected chi connectivity index (χ2v) is 6.37. The number of nitrogens with one attached hydrogen (secondary N) is 2. The van der Waals surface area contributed by atoms with Crippen LogP contribution in [0, 0.1) is 5.82 Å². The molecular formula is C22H31FIN3O3. The summed E-state index contributed by atoms with van der Waals surface area (Å²) in [5.41, 5.74) is 1.91. The molecule has 0 heterocycles. The van der Waals surface area contributed by atoms with E-state index in [2.05, 4.69) is 15.6 Å². The summed E-state index contributed by atoms with van der Waals surface area (Å²) in [6.07, 6.45) is 0.891. The molecule has 6 nitrogen and oxygen atoms in total. The summed E-state index contributed by atoms with van der Waals surface area (Å²) in [6, 6.07) is 14.2. The first-order valence-electron chi connectivity index (χ1n) is 9.68. The molecule has 2 rings (SSSR count). The molecule has 0 fully saturated rings. The second kappa shape index (κ2) is 15.9. The molecule has 2 N–H and O–H groups in total. The zero-order valence-corrected chi connectivity index (χ0v) is 19.9. The highest BCUT2D eigenvalue weighted by atomic mass is 127. The third-order valence-electron chi connectivity index (χ3n) is 4.09. The second-order valence-electron chi connectivity index (χ2n) is 6.37. The van der Waals surface area contributed by atoms with Crippen LogP contribution in [0.15, 0.2) is 53.5 Å². The van der Waals surface area contributed by atoms with Crippen LogP contribution >= 0.6 is 24.0 Å². The molecular weight excluding hydrogens is 500 g/mol. The number of rotatable bonds is 12. The number of aliphatic imine (C=N–C) groups is 1. The van der Waals surface area contributed by atoms with Gasteiger partial charge in [0.25, 0.3) is 0 Å². The lowest BCUT2D eigenvalue weighted by Crippen LogP contribution is -2.37. The predicted molar refractivity (Wildman–Crippen MR) is 128 cm³/mol. The van der Waals surface area contributed by atoms with Gasteiger partial charge in [-0.2, -0.15) is 0 Å². The van der Waals surface area contributed by atoms with Crippen molar-refractivity contribution in [3.63, 3.8) is 0 Å². The van der Waals surface area contributed by atoms with Gasteiger partial charge in [-0.3, -0.25) is 4.99 Å². The molecule has 30 heavy (non-hydrogen) atoms. The molecule has 2 aromatic rings. The molecule has 0 amide bonds. The number of guanidine groups is 1. The summed E-state index contributed by atoms with van der Waals surface area (Å²) in [5.74, 6) is 1.23. The first-order valence-corrected chi connectivity index (χ1v) is 9.68. The van der Waals surface area contributed by atoms with E-state index in [1.165, 1.54) is 12.1 Å².